The fraction of sp³-hybridized carbons (Fsp3) is 0.417. The maximum absolute atomic E-state index is 11.4. The third kappa shape index (κ3) is 3.61. The van der Waals surface area contributed by atoms with Gasteiger partial charge in [0.2, 0.25) is 0 Å². The fourth-order valence-corrected chi connectivity index (χ4v) is 2.91. The topological polar surface area (TPSA) is 86.5 Å². The molecule has 0 aliphatic carbocycles. The Morgan fingerprint density at radius 1 is 1.37 bits per heavy atom. The zero-order valence-electron chi connectivity index (χ0n) is 10.9. The number of nitrogens with two attached hydrogens (primary N) is 1. The van der Waals surface area contributed by atoms with Gasteiger partial charge in [-0.05, 0) is 43.5 Å². The van der Waals surface area contributed by atoms with Crippen molar-refractivity contribution in [2.75, 3.05) is 0 Å². The summed E-state index contributed by atoms with van der Waals surface area (Å²) in [7, 11) is 1.53. The molecule has 0 bridgehead atoms. The molecule has 0 radical (unpaired) electrons. The molecule has 106 valence electrons. The summed E-state index contributed by atoms with van der Waals surface area (Å²) in [6.45, 7) is 5.10. The highest BCUT2D eigenvalue weighted by Crippen LogP contribution is 2.29. The van der Waals surface area contributed by atoms with Gasteiger partial charge in [0.25, 0.3) is 15.0 Å². The van der Waals surface area contributed by atoms with E-state index in [2.05, 4.69) is 0 Å². The second kappa shape index (κ2) is 5.79. The molecular formula is C12H16ClNO4S. The average molecular weight is 306 g/mol. The first-order valence-corrected chi connectivity index (χ1v) is 8.00. The van der Waals surface area contributed by atoms with Crippen LogP contribution in [0.4, 0.5) is 0 Å². The molecule has 0 spiro atoms. The van der Waals surface area contributed by atoms with Crippen molar-refractivity contribution >= 4 is 25.6 Å². The molecule has 1 rings (SSSR count). The van der Waals surface area contributed by atoms with E-state index in [1.54, 1.807) is 20.8 Å². The number of carbonyl (C=O) groups excluding carboxylic acids is 1. The van der Waals surface area contributed by atoms with E-state index >= 15 is 0 Å². The third-order valence-electron chi connectivity index (χ3n) is 2.91. The molecule has 0 aromatic heterocycles. The summed E-state index contributed by atoms with van der Waals surface area (Å²) in [5, 5.41) is 0. The Balaban J connectivity index is 3.21. The minimum atomic E-state index is -3.80. The van der Waals surface area contributed by atoms with Crippen LogP contribution in [0, 0.1) is 13.8 Å². The van der Waals surface area contributed by atoms with Crippen molar-refractivity contribution in [1.82, 2.24) is 0 Å². The number of halogens is 1. The second-order valence-electron chi connectivity index (χ2n) is 4.17. The lowest BCUT2D eigenvalue weighted by molar-refractivity contribution is -0.124. The Hall–Kier alpha value is -1.27. The number of ether oxygens (including phenoxy) is 1. The van der Waals surface area contributed by atoms with E-state index < -0.39 is 21.1 Å². The third-order valence-corrected chi connectivity index (χ3v) is 4.37. The number of benzene rings is 1. The lowest BCUT2D eigenvalue weighted by atomic mass is 10.1. The molecule has 1 aromatic carbocycles. The maximum atomic E-state index is 11.4. The Morgan fingerprint density at radius 2 is 1.95 bits per heavy atom. The van der Waals surface area contributed by atoms with E-state index in [1.807, 2.05) is 0 Å². The van der Waals surface area contributed by atoms with E-state index in [9.17, 15) is 13.2 Å². The minimum absolute atomic E-state index is 0.0335. The first-order chi connectivity index (χ1) is 8.68. The first-order valence-electron chi connectivity index (χ1n) is 5.69. The normalized spacial score (nSPS) is 13.1. The van der Waals surface area contributed by atoms with Gasteiger partial charge < -0.3 is 10.5 Å². The molecule has 0 aliphatic rings. The first kappa shape index (κ1) is 15.8. The summed E-state index contributed by atoms with van der Waals surface area (Å²) in [5.41, 5.74) is 6.31. The van der Waals surface area contributed by atoms with Crippen LogP contribution in [0.3, 0.4) is 0 Å². The van der Waals surface area contributed by atoms with E-state index in [0.717, 1.165) is 0 Å². The van der Waals surface area contributed by atoms with Crippen LogP contribution in [0.5, 0.6) is 5.75 Å². The smallest absolute Gasteiger partial charge is 0.261 e. The van der Waals surface area contributed by atoms with Crippen LogP contribution in [-0.4, -0.2) is 20.4 Å². The minimum Gasteiger partial charge on any atom is -0.480 e. The van der Waals surface area contributed by atoms with Crippen molar-refractivity contribution < 1.29 is 17.9 Å². The van der Waals surface area contributed by atoms with Gasteiger partial charge in [0.1, 0.15) is 5.75 Å². The molecule has 1 amide bonds. The van der Waals surface area contributed by atoms with Gasteiger partial charge in [0, 0.05) is 10.7 Å². The average Bonchev–Trinajstić information content (AvgIpc) is 2.28. The van der Waals surface area contributed by atoms with E-state index in [0.29, 0.717) is 23.3 Å². The molecule has 5 nitrogen and oxygen atoms in total. The molecule has 2 N–H and O–H groups in total. The Bertz CT molecular complexity index is 598. The molecule has 0 saturated carbocycles. The zero-order valence-corrected chi connectivity index (χ0v) is 12.5. The largest absolute Gasteiger partial charge is 0.480 e. The monoisotopic (exact) mass is 305 g/mol. The van der Waals surface area contributed by atoms with Crippen molar-refractivity contribution in [2.24, 2.45) is 5.73 Å². The lowest BCUT2D eigenvalue weighted by Crippen LogP contribution is -2.33. The molecule has 0 fully saturated rings. The highest BCUT2D eigenvalue weighted by molar-refractivity contribution is 8.13. The molecule has 19 heavy (non-hydrogen) atoms. The van der Waals surface area contributed by atoms with Gasteiger partial charge in [-0.2, -0.15) is 0 Å². The summed E-state index contributed by atoms with van der Waals surface area (Å²) in [4.78, 5) is 11.2. The number of amides is 1. The number of hydrogen-bond acceptors (Lipinski definition) is 4. The molecule has 7 heteroatoms. The van der Waals surface area contributed by atoms with Gasteiger partial charge in [-0.1, -0.05) is 6.92 Å². The number of rotatable bonds is 5. The van der Waals surface area contributed by atoms with Crippen LogP contribution in [0.2, 0.25) is 0 Å². The predicted octanol–water partition coefficient (Wildman–Crippen LogP) is 1.87. The number of hydrogen-bond donors (Lipinski definition) is 1. The van der Waals surface area contributed by atoms with Gasteiger partial charge >= 0.3 is 0 Å². The number of carbonyl (C=O) groups is 1. The highest BCUT2D eigenvalue weighted by Gasteiger charge is 2.20. The molecule has 1 atom stereocenters. The molecule has 0 saturated heterocycles. The van der Waals surface area contributed by atoms with Crippen LogP contribution in [0.1, 0.15) is 24.5 Å². The van der Waals surface area contributed by atoms with E-state index in [-0.39, 0.29) is 4.90 Å². The number of primary amides is 1. The Kier molecular flexibility index (Phi) is 4.81. The standard InChI is InChI=1S/C12H16ClNO4S/c1-4-9(12(14)15)18-10-5-6-11(19(13,16)17)8(3)7(10)2/h5-6,9H,4H2,1-3H3,(H2,14,15). The van der Waals surface area contributed by atoms with Gasteiger partial charge in [-0.15, -0.1) is 0 Å². The van der Waals surface area contributed by atoms with Crippen LogP contribution in [-0.2, 0) is 13.8 Å². The van der Waals surface area contributed by atoms with Gasteiger partial charge in [0.05, 0.1) is 4.90 Å². The molecule has 0 heterocycles. The SMILES string of the molecule is CCC(Oc1ccc(S(=O)(=O)Cl)c(C)c1C)C(N)=O. The van der Waals surface area contributed by atoms with Crippen LogP contribution in [0.25, 0.3) is 0 Å². The molecule has 1 aromatic rings. The van der Waals surface area contributed by atoms with Crippen LogP contribution in [0.15, 0.2) is 17.0 Å². The highest BCUT2D eigenvalue weighted by atomic mass is 35.7. The lowest BCUT2D eigenvalue weighted by Gasteiger charge is -2.17. The van der Waals surface area contributed by atoms with Crippen molar-refractivity contribution in [2.45, 2.75) is 38.2 Å². The zero-order chi connectivity index (χ0) is 14.8. The second-order valence-corrected chi connectivity index (χ2v) is 6.70. The van der Waals surface area contributed by atoms with Gasteiger partial charge in [-0.25, -0.2) is 8.42 Å². The molecule has 1 unspecified atom stereocenters. The van der Waals surface area contributed by atoms with Gasteiger partial charge in [-0.3, -0.25) is 4.79 Å². The predicted molar refractivity (Wildman–Crippen MR) is 72.9 cm³/mol. The summed E-state index contributed by atoms with van der Waals surface area (Å²) >= 11 is 0. The maximum Gasteiger partial charge on any atom is 0.261 e. The van der Waals surface area contributed by atoms with Crippen molar-refractivity contribution in [3.63, 3.8) is 0 Å². The summed E-state index contributed by atoms with van der Waals surface area (Å²) in [6, 6.07) is 2.83. The van der Waals surface area contributed by atoms with Crippen LogP contribution >= 0.6 is 10.7 Å². The molecule has 0 aliphatic heterocycles. The Morgan fingerprint density at radius 3 is 2.37 bits per heavy atom. The molecular weight excluding hydrogens is 290 g/mol. The summed E-state index contributed by atoms with van der Waals surface area (Å²) in [6.07, 6.45) is -0.305. The van der Waals surface area contributed by atoms with Crippen molar-refractivity contribution in [3.05, 3.63) is 23.3 Å². The van der Waals surface area contributed by atoms with E-state index in [1.165, 1.54) is 12.1 Å². The Labute approximate surface area is 117 Å². The summed E-state index contributed by atoms with van der Waals surface area (Å²) < 4.78 is 28.2. The van der Waals surface area contributed by atoms with E-state index in [4.69, 9.17) is 21.2 Å². The van der Waals surface area contributed by atoms with Crippen LogP contribution < -0.4 is 10.5 Å². The van der Waals surface area contributed by atoms with Crippen molar-refractivity contribution in [1.29, 1.82) is 0 Å². The van der Waals surface area contributed by atoms with Crippen molar-refractivity contribution in [3.8, 4) is 5.75 Å². The van der Waals surface area contributed by atoms with Gasteiger partial charge in [0.15, 0.2) is 6.10 Å². The summed E-state index contributed by atoms with van der Waals surface area (Å²) in [5.74, 6) is -0.138. The fourth-order valence-electron chi connectivity index (χ4n) is 1.66. The quantitative estimate of drug-likeness (QED) is 0.841.